The van der Waals surface area contributed by atoms with Gasteiger partial charge in [-0.3, -0.25) is 4.79 Å². The summed E-state index contributed by atoms with van der Waals surface area (Å²) in [4.78, 5) is 16.5. The van der Waals surface area contributed by atoms with Gasteiger partial charge in [-0.25, -0.2) is 4.98 Å². The second kappa shape index (κ2) is 7.27. The molecular formula is C16H25N3O. The van der Waals surface area contributed by atoms with Gasteiger partial charge in [0.15, 0.2) is 0 Å². The Morgan fingerprint density at radius 3 is 2.95 bits per heavy atom. The number of anilines is 1. The molecule has 2 unspecified atom stereocenters. The Morgan fingerprint density at radius 1 is 1.40 bits per heavy atom. The van der Waals surface area contributed by atoms with Crippen molar-refractivity contribution >= 4 is 11.7 Å². The summed E-state index contributed by atoms with van der Waals surface area (Å²) in [6.45, 7) is 5.83. The third kappa shape index (κ3) is 3.71. The van der Waals surface area contributed by atoms with Crippen molar-refractivity contribution in [3.63, 3.8) is 0 Å². The summed E-state index contributed by atoms with van der Waals surface area (Å²) < 4.78 is 0. The van der Waals surface area contributed by atoms with Gasteiger partial charge in [0.25, 0.3) is 5.91 Å². The summed E-state index contributed by atoms with van der Waals surface area (Å²) in [5.74, 6) is 1.98. The van der Waals surface area contributed by atoms with E-state index in [1.54, 1.807) is 12.3 Å². The average molecular weight is 275 g/mol. The molecule has 1 aromatic heterocycles. The van der Waals surface area contributed by atoms with Crippen molar-refractivity contribution in [3.05, 3.63) is 23.9 Å². The molecule has 4 nitrogen and oxygen atoms in total. The van der Waals surface area contributed by atoms with Crippen LogP contribution in [0.4, 0.5) is 5.82 Å². The van der Waals surface area contributed by atoms with Crippen LogP contribution in [-0.4, -0.2) is 24.0 Å². The molecule has 0 aromatic carbocycles. The van der Waals surface area contributed by atoms with Crippen molar-refractivity contribution in [2.24, 2.45) is 11.8 Å². The highest BCUT2D eigenvalue weighted by molar-refractivity contribution is 5.98. The fourth-order valence-electron chi connectivity index (χ4n) is 2.91. The number of pyridine rings is 1. The van der Waals surface area contributed by atoms with Crippen LogP contribution in [0.15, 0.2) is 18.3 Å². The third-order valence-electron chi connectivity index (χ3n) is 4.21. The molecule has 2 rings (SSSR count). The van der Waals surface area contributed by atoms with Gasteiger partial charge >= 0.3 is 0 Å². The van der Waals surface area contributed by atoms with Crippen molar-refractivity contribution in [2.75, 3.05) is 18.4 Å². The molecule has 4 heteroatoms. The van der Waals surface area contributed by atoms with E-state index in [0.717, 1.165) is 13.1 Å². The van der Waals surface area contributed by atoms with Crippen LogP contribution in [0.5, 0.6) is 0 Å². The van der Waals surface area contributed by atoms with E-state index in [2.05, 4.69) is 22.5 Å². The van der Waals surface area contributed by atoms with Crippen LogP contribution in [0.2, 0.25) is 0 Å². The van der Waals surface area contributed by atoms with Crippen LogP contribution in [0, 0.1) is 11.8 Å². The fraction of sp³-hybridized carbons (Fsp3) is 0.625. The van der Waals surface area contributed by atoms with E-state index in [-0.39, 0.29) is 5.91 Å². The maximum absolute atomic E-state index is 12.3. The first-order valence-electron chi connectivity index (χ1n) is 7.69. The maximum atomic E-state index is 12.3. The maximum Gasteiger partial charge on any atom is 0.255 e. The predicted octanol–water partition coefficient (Wildman–Crippen LogP) is 3.07. The number of nitrogens with zero attached hydrogens (tertiary/aromatic N) is 1. The Bertz CT molecular complexity index is 447. The zero-order valence-corrected chi connectivity index (χ0v) is 12.5. The predicted molar refractivity (Wildman–Crippen MR) is 81.9 cm³/mol. The summed E-state index contributed by atoms with van der Waals surface area (Å²) >= 11 is 0. The molecule has 1 aromatic rings. The number of carbonyl (C=O) groups is 1. The summed E-state index contributed by atoms with van der Waals surface area (Å²) in [6, 6.07) is 3.63. The minimum absolute atomic E-state index is 0.0215. The smallest absolute Gasteiger partial charge is 0.255 e. The van der Waals surface area contributed by atoms with Crippen LogP contribution in [0.1, 0.15) is 49.9 Å². The molecular weight excluding hydrogens is 250 g/mol. The normalized spacial score (nSPS) is 22.3. The number of amides is 1. The minimum Gasteiger partial charge on any atom is -0.370 e. The minimum atomic E-state index is -0.0215. The summed E-state index contributed by atoms with van der Waals surface area (Å²) in [6.07, 6.45) is 6.85. The molecule has 110 valence electrons. The number of carbonyl (C=O) groups excluding carboxylic acids is 1. The van der Waals surface area contributed by atoms with Gasteiger partial charge < -0.3 is 10.6 Å². The second-order valence-electron chi connectivity index (χ2n) is 5.66. The first kappa shape index (κ1) is 14.8. The van der Waals surface area contributed by atoms with E-state index in [4.69, 9.17) is 0 Å². The molecule has 0 spiro atoms. The number of aromatic nitrogens is 1. The first-order valence-corrected chi connectivity index (χ1v) is 7.69. The molecule has 1 fully saturated rings. The van der Waals surface area contributed by atoms with Crippen molar-refractivity contribution in [3.8, 4) is 0 Å². The third-order valence-corrected chi connectivity index (χ3v) is 4.21. The standard InChI is InChI=1S/C16H25N3O/c1-3-17-15-14(9-6-10-18-15)16(20)19-11-13-8-5-4-7-12(13)2/h6,9-10,12-13H,3-5,7-8,11H2,1-2H3,(H,17,18)(H,19,20). The lowest BCUT2D eigenvalue weighted by atomic mass is 9.80. The quantitative estimate of drug-likeness (QED) is 0.868. The highest BCUT2D eigenvalue weighted by Gasteiger charge is 2.22. The van der Waals surface area contributed by atoms with Gasteiger partial charge in [-0.2, -0.15) is 0 Å². The van der Waals surface area contributed by atoms with Crippen molar-refractivity contribution in [1.29, 1.82) is 0 Å². The zero-order valence-electron chi connectivity index (χ0n) is 12.5. The first-order chi connectivity index (χ1) is 9.72. The van der Waals surface area contributed by atoms with Gasteiger partial charge in [-0.15, -0.1) is 0 Å². The number of nitrogens with one attached hydrogen (secondary N) is 2. The van der Waals surface area contributed by atoms with Crippen molar-refractivity contribution in [1.82, 2.24) is 10.3 Å². The average Bonchev–Trinajstić information content (AvgIpc) is 2.47. The number of hydrogen-bond donors (Lipinski definition) is 2. The molecule has 1 saturated carbocycles. The van der Waals surface area contributed by atoms with Crippen molar-refractivity contribution in [2.45, 2.75) is 39.5 Å². The van der Waals surface area contributed by atoms with Crippen molar-refractivity contribution < 1.29 is 4.79 Å². The Balaban J connectivity index is 1.94. The molecule has 2 N–H and O–H groups in total. The Hall–Kier alpha value is -1.58. The van der Waals surface area contributed by atoms with Gasteiger partial charge in [-0.1, -0.05) is 26.2 Å². The Labute approximate surface area is 121 Å². The van der Waals surface area contributed by atoms with Gasteiger partial charge in [0, 0.05) is 19.3 Å². The zero-order chi connectivity index (χ0) is 14.4. The molecule has 0 aliphatic heterocycles. The van der Waals surface area contributed by atoms with Gasteiger partial charge in [0.1, 0.15) is 5.82 Å². The fourth-order valence-corrected chi connectivity index (χ4v) is 2.91. The molecule has 1 heterocycles. The van der Waals surface area contributed by atoms with Gasteiger partial charge in [0.2, 0.25) is 0 Å². The lowest BCUT2D eigenvalue weighted by Gasteiger charge is -2.28. The topological polar surface area (TPSA) is 54.0 Å². The van der Waals surface area contributed by atoms with Gasteiger partial charge in [-0.05, 0) is 37.3 Å². The number of hydrogen-bond acceptors (Lipinski definition) is 3. The van der Waals surface area contributed by atoms with Crippen LogP contribution in [0.3, 0.4) is 0 Å². The Kier molecular flexibility index (Phi) is 5.39. The molecule has 2 atom stereocenters. The summed E-state index contributed by atoms with van der Waals surface area (Å²) in [7, 11) is 0. The van der Waals surface area contributed by atoms with E-state index in [9.17, 15) is 4.79 Å². The molecule has 1 aliphatic carbocycles. The molecule has 1 amide bonds. The van der Waals surface area contributed by atoms with E-state index in [1.165, 1.54) is 25.7 Å². The molecule has 0 bridgehead atoms. The van der Waals surface area contributed by atoms with E-state index in [1.807, 2.05) is 13.0 Å². The van der Waals surface area contributed by atoms with Crippen LogP contribution >= 0.6 is 0 Å². The molecule has 0 saturated heterocycles. The van der Waals surface area contributed by atoms with Crippen LogP contribution in [-0.2, 0) is 0 Å². The van der Waals surface area contributed by atoms with Gasteiger partial charge in [0.05, 0.1) is 5.56 Å². The monoisotopic (exact) mass is 275 g/mol. The number of rotatable bonds is 5. The lowest BCUT2D eigenvalue weighted by molar-refractivity contribution is 0.0937. The van der Waals surface area contributed by atoms with E-state index >= 15 is 0 Å². The molecule has 20 heavy (non-hydrogen) atoms. The highest BCUT2D eigenvalue weighted by atomic mass is 16.1. The molecule has 1 aliphatic rings. The Morgan fingerprint density at radius 2 is 2.20 bits per heavy atom. The highest BCUT2D eigenvalue weighted by Crippen LogP contribution is 2.28. The summed E-state index contributed by atoms with van der Waals surface area (Å²) in [5.41, 5.74) is 0.637. The molecule has 0 radical (unpaired) electrons. The van der Waals surface area contributed by atoms with E-state index < -0.39 is 0 Å². The lowest BCUT2D eigenvalue weighted by Crippen LogP contribution is -2.33. The van der Waals surface area contributed by atoms with Crippen LogP contribution in [0.25, 0.3) is 0 Å². The van der Waals surface area contributed by atoms with E-state index in [0.29, 0.717) is 23.2 Å². The summed E-state index contributed by atoms with van der Waals surface area (Å²) in [5, 5.41) is 6.21. The largest absolute Gasteiger partial charge is 0.370 e. The van der Waals surface area contributed by atoms with Crippen LogP contribution < -0.4 is 10.6 Å². The SMILES string of the molecule is CCNc1ncccc1C(=O)NCC1CCCCC1C. The second-order valence-corrected chi connectivity index (χ2v) is 5.66.